The largest absolute Gasteiger partial charge is 0.481 e. The smallest absolute Gasteiger partial charge is 0.305 e. The first kappa shape index (κ1) is 21.6. The molecule has 0 aliphatic rings. The van der Waals surface area contributed by atoms with Gasteiger partial charge in [-0.05, 0) is 48.0 Å². The molecule has 4 rings (SSSR count). The molecule has 0 radical (unpaired) electrons. The maximum Gasteiger partial charge on any atom is 0.305 e. The first-order chi connectivity index (χ1) is 15.9. The van der Waals surface area contributed by atoms with Gasteiger partial charge < -0.3 is 26.0 Å². The summed E-state index contributed by atoms with van der Waals surface area (Å²) < 4.78 is 1.84. The molecule has 1 amide bonds. The van der Waals surface area contributed by atoms with Crippen molar-refractivity contribution in [3.63, 3.8) is 0 Å². The minimum Gasteiger partial charge on any atom is -0.481 e. The van der Waals surface area contributed by atoms with Gasteiger partial charge >= 0.3 is 5.97 Å². The number of nitrogens with one attached hydrogen (secondary N) is 3. The molecule has 9 nitrogen and oxygen atoms in total. The summed E-state index contributed by atoms with van der Waals surface area (Å²) in [5, 5.41) is 22.2. The number of imidazole rings is 1. The Morgan fingerprint density at radius 3 is 2.36 bits per heavy atom. The number of nitrogens with zero attached hydrogens (tertiary/aromatic N) is 2. The summed E-state index contributed by atoms with van der Waals surface area (Å²) in [6.45, 7) is 0. The number of benzene rings is 3. The molecule has 6 N–H and O–H groups in total. The lowest BCUT2D eigenvalue weighted by atomic mass is 10.0. The zero-order valence-corrected chi connectivity index (χ0v) is 17.5. The van der Waals surface area contributed by atoms with E-state index < -0.39 is 12.0 Å². The number of anilines is 2. The molecule has 0 spiro atoms. The number of rotatable bonds is 7. The van der Waals surface area contributed by atoms with E-state index in [-0.39, 0.29) is 18.3 Å². The number of aliphatic carboxylic acids is 1. The van der Waals surface area contributed by atoms with E-state index in [4.69, 9.17) is 11.1 Å². The van der Waals surface area contributed by atoms with Crippen molar-refractivity contribution in [1.29, 1.82) is 5.41 Å². The fourth-order valence-electron chi connectivity index (χ4n) is 3.64. The number of fused-ring (bicyclic) bond motifs is 1. The monoisotopic (exact) mass is 442 g/mol. The number of carbonyl (C=O) groups is 2. The van der Waals surface area contributed by atoms with E-state index in [1.54, 1.807) is 42.7 Å². The highest BCUT2D eigenvalue weighted by Crippen LogP contribution is 2.28. The van der Waals surface area contributed by atoms with Crippen molar-refractivity contribution in [2.45, 2.75) is 12.5 Å². The average molecular weight is 442 g/mol. The molecule has 1 aromatic heterocycles. The van der Waals surface area contributed by atoms with E-state index in [0.29, 0.717) is 22.5 Å². The molecular weight excluding hydrogens is 420 g/mol. The van der Waals surface area contributed by atoms with Gasteiger partial charge in [0.1, 0.15) is 0 Å². The molecular formula is C24H22N6O3. The van der Waals surface area contributed by atoms with Crippen LogP contribution in [0.5, 0.6) is 0 Å². The highest BCUT2D eigenvalue weighted by Gasteiger charge is 2.20. The average Bonchev–Trinajstić information content (AvgIpc) is 3.21. The van der Waals surface area contributed by atoms with Crippen molar-refractivity contribution in [1.82, 2.24) is 9.55 Å². The second-order valence-electron chi connectivity index (χ2n) is 7.45. The van der Waals surface area contributed by atoms with Crippen molar-refractivity contribution in [2.24, 2.45) is 5.73 Å². The molecule has 9 heteroatoms. The number of hydrogen-bond acceptors (Lipinski definition) is 4. The molecule has 0 bridgehead atoms. The van der Waals surface area contributed by atoms with E-state index in [2.05, 4.69) is 15.6 Å². The van der Waals surface area contributed by atoms with Crippen LogP contribution >= 0.6 is 0 Å². The standard InChI is InChI=1S/C24H22N6O3/c25-24(26)29-17-8-6-16(7-9-17)23(33)28-18-10-11-20-19(12-18)27-14-30(20)21(13-22(31)32)15-4-2-1-3-5-15/h1-12,14,21H,13H2,(H,28,33)(H,31,32)(H4,25,26,29). The molecule has 0 saturated heterocycles. The Kier molecular flexibility index (Phi) is 6.03. The molecule has 1 atom stereocenters. The molecule has 4 aromatic rings. The number of amides is 1. The van der Waals surface area contributed by atoms with Gasteiger partial charge in [-0.25, -0.2) is 4.98 Å². The van der Waals surface area contributed by atoms with Crippen molar-refractivity contribution in [2.75, 3.05) is 10.6 Å². The van der Waals surface area contributed by atoms with Gasteiger partial charge in [0.25, 0.3) is 5.91 Å². The summed E-state index contributed by atoms with van der Waals surface area (Å²) >= 11 is 0. The fourth-order valence-corrected chi connectivity index (χ4v) is 3.64. The van der Waals surface area contributed by atoms with Crippen LogP contribution in [0.3, 0.4) is 0 Å². The Bertz CT molecular complexity index is 1320. The highest BCUT2D eigenvalue weighted by atomic mass is 16.4. The number of guanidine groups is 1. The van der Waals surface area contributed by atoms with Crippen LogP contribution in [-0.4, -0.2) is 32.5 Å². The Morgan fingerprint density at radius 1 is 1.00 bits per heavy atom. The number of carboxylic acids is 1. The maximum absolute atomic E-state index is 12.6. The van der Waals surface area contributed by atoms with E-state index in [1.165, 1.54) is 0 Å². The first-order valence-corrected chi connectivity index (χ1v) is 10.2. The number of aromatic nitrogens is 2. The highest BCUT2D eigenvalue weighted by molar-refractivity contribution is 6.05. The second-order valence-corrected chi connectivity index (χ2v) is 7.45. The molecule has 0 aliphatic carbocycles. The van der Waals surface area contributed by atoms with Gasteiger partial charge in [-0.3, -0.25) is 15.0 Å². The predicted molar refractivity (Wildman–Crippen MR) is 126 cm³/mol. The van der Waals surface area contributed by atoms with Crippen LogP contribution in [0.1, 0.15) is 28.4 Å². The van der Waals surface area contributed by atoms with Crippen molar-refractivity contribution < 1.29 is 14.7 Å². The van der Waals surface area contributed by atoms with E-state index in [0.717, 1.165) is 11.1 Å². The van der Waals surface area contributed by atoms with Gasteiger partial charge in [0.2, 0.25) is 0 Å². The summed E-state index contributed by atoms with van der Waals surface area (Å²) in [6.07, 6.45) is 1.54. The molecule has 1 unspecified atom stereocenters. The van der Waals surface area contributed by atoms with Crippen molar-refractivity contribution in [3.8, 4) is 0 Å². The third kappa shape index (κ3) is 4.99. The molecule has 1 heterocycles. The zero-order chi connectivity index (χ0) is 23.4. The summed E-state index contributed by atoms with van der Waals surface area (Å²) in [4.78, 5) is 28.5. The molecule has 0 saturated carbocycles. The summed E-state index contributed by atoms with van der Waals surface area (Å²) in [5.74, 6) is -1.38. The van der Waals surface area contributed by atoms with Crippen LogP contribution in [0, 0.1) is 5.41 Å². The Labute approximate surface area is 189 Å². The van der Waals surface area contributed by atoms with Crippen LogP contribution in [-0.2, 0) is 4.79 Å². The van der Waals surface area contributed by atoms with Crippen LogP contribution in [0.25, 0.3) is 11.0 Å². The lowest BCUT2D eigenvalue weighted by Gasteiger charge is -2.18. The number of carbonyl (C=O) groups excluding carboxylic acids is 1. The van der Waals surface area contributed by atoms with E-state index in [9.17, 15) is 14.7 Å². The molecule has 166 valence electrons. The predicted octanol–water partition coefficient (Wildman–Crippen LogP) is 3.66. The topological polar surface area (TPSA) is 146 Å². The van der Waals surface area contributed by atoms with E-state index >= 15 is 0 Å². The summed E-state index contributed by atoms with van der Waals surface area (Å²) in [7, 11) is 0. The molecule has 33 heavy (non-hydrogen) atoms. The minimum absolute atomic E-state index is 0.0809. The van der Waals surface area contributed by atoms with Crippen LogP contribution < -0.4 is 16.4 Å². The van der Waals surface area contributed by atoms with Gasteiger partial charge in [-0.1, -0.05) is 30.3 Å². The first-order valence-electron chi connectivity index (χ1n) is 10.2. The van der Waals surface area contributed by atoms with Crippen LogP contribution in [0.15, 0.2) is 79.1 Å². The lowest BCUT2D eigenvalue weighted by molar-refractivity contribution is -0.137. The third-order valence-corrected chi connectivity index (χ3v) is 5.15. The van der Waals surface area contributed by atoms with Crippen molar-refractivity contribution in [3.05, 3.63) is 90.3 Å². The number of carboxylic acid groups (broad SMARTS) is 1. The summed E-state index contributed by atoms with van der Waals surface area (Å²) in [5.41, 5.74) is 9.21. The normalized spacial score (nSPS) is 11.6. The third-order valence-electron chi connectivity index (χ3n) is 5.15. The molecule has 3 aromatic carbocycles. The number of nitrogens with two attached hydrogens (primary N) is 1. The Morgan fingerprint density at radius 2 is 1.70 bits per heavy atom. The second kappa shape index (κ2) is 9.23. The van der Waals surface area contributed by atoms with E-state index in [1.807, 2.05) is 41.0 Å². The number of hydrogen-bond donors (Lipinski definition) is 5. The SMILES string of the molecule is N=C(N)Nc1ccc(C(=O)Nc2ccc3c(c2)ncn3C(CC(=O)O)c2ccccc2)cc1. The molecule has 0 aliphatic heterocycles. The Balaban J connectivity index is 1.56. The molecule has 0 fully saturated rings. The van der Waals surface area contributed by atoms with Gasteiger partial charge in [0, 0.05) is 16.9 Å². The van der Waals surface area contributed by atoms with Crippen LogP contribution in [0.4, 0.5) is 11.4 Å². The van der Waals surface area contributed by atoms with Gasteiger partial charge in [-0.15, -0.1) is 0 Å². The zero-order valence-electron chi connectivity index (χ0n) is 17.5. The van der Waals surface area contributed by atoms with Gasteiger partial charge in [0.05, 0.1) is 29.8 Å². The van der Waals surface area contributed by atoms with Gasteiger partial charge in [-0.2, -0.15) is 0 Å². The minimum atomic E-state index is -0.904. The Hall–Kier alpha value is -4.66. The van der Waals surface area contributed by atoms with Crippen molar-refractivity contribution >= 4 is 40.2 Å². The van der Waals surface area contributed by atoms with Crippen LogP contribution in [0.2, 0.25) is 0 Å². The summed E-state index contributed by atoms with van der Waals surface area (Å²) in [6, 6.07) is 20.9. The quantitative estimate of drug-likeness (QED) is 0.218. The van der Waals surface area contributed by atoms with Gasteiger partial charge in [0.15, 0.2) is 5.96 Å². The maximum atomic E-state index is 12.6. The lowest BCUT2D eigenvalue weighted by Crippen LogP contribution is -2.20. The fraction of sp³-hybridized carbons (Fsp3) is 0.0833.